The van der Waals surface area contributed by atoms with Crippen molar-refractivity contribution in [2.75, 3.05) is 26.7 Å². The number of H-pyrrole nitrogens is 2. The minimum Gasteiger partial charge on any atom is -0.361 e. The summed E-state index contributed by atoms with van der Waals surface area (Å²) in [5.74, 6) is 0.723. The Hall–Kier alpha value is -3.03. The van der Waals surface area contributed by atoms with Crippen LogP contribution in [0.5, 0.6) is 0 Å². The third-order valence-corrected chi connectivity index (χ3v) is 6.81. The molecule has 6 nitrogen and oxygen atoms in total. The van der Waals surface area contributed by atoms with Crippen LogP contribution < -0.4 is 0 Å². The minimum atomic E-state index is -0.892. The van der Waals surface area contributed by atoms with Crippen LogP contribution in [-0.2, 0) is 13.0 Å². The van der Waals surface area contributed by atoms with Gasteiger partial charge in [0.15, 0.2) is 5.82 Å². The van der Waals surface area contributed by atoms with Crippen LogP contribution in [0.1, 0.15) is 24.0 Å². The molecule has 2 aromatic heterocycles. The Morgan fingerprint density at radius 3 is 2.73 bits per heavy atom. The van der Waals surface area contributed by atoms with Crippen LogP contribution >= 0.6 is 0 Å². The molecule has 172 valence electrons. The first-order valence-corrected chi connectivity index (χ1v) is 11.7. The second-order valence-corrected chi connectivity index (χ2v) is 9.14. The normalized spacial score (nSPS) is 16.6. The fourth-order valence-corrected chi connectivity index (χ4v) is 4.97. The maximum atomic E-state index is 15.1. The third-order valence-electron chi connectivity index (χ3n) is 6.81. The molecule has 1 fully saturated rings. The summed E-state index contributed by atoms with van der Waals surface area (Å²) in [5.41, 5.74) is 4.33. The second-order valence-electron chi connectivity index (χ2n) is 9.14. The summed E-state index contributed by atoms with van der Waals surface area (Å²) < 4.78 is 15.1. The Labute approximate surface area is 193 Å². The van der Waals surface area contributed by atoms with Gasteiger partial charge in [-0.25, -0.2) is 9.37 Å². The lowest BCUT2D eigenvalue weighted by atomic mass is 10.0. The Bertz CT molecular complexity index is 1150. The van der Waals surface area contributed by atoms with Crippen molar-refractivity contribution in [3.05, 3.63) is 72.2 Å². The van der Waals surface area contributed by atoms with Crippen LogP contribution in [-0.4, -0.2) is 68.9 Å². The van der Waals surface area contributed by atoms with Gasteiger partial charge in [-0.05, 0) is 62.3 Å². The van der Waals surface area contributed by atoms with Gasteiger partial charge in [0.05, 0.1) is 0 Å². The summed E-state index contributed by atoms with van der Waals surface area (Å²) in [6.07, 6.45) is 5.13. The molecule has 1 atom stereocenters. The van der Waals surface area contributed by atoms with E-state index in [1.807, 2.05) is 18.3 Å². The monoisotopic (exact) mass is 446 g/mol. The topological polar surface area (TPSA) is 63.8 Å². The highest BCUT2D eigenvalue weighted by Gasteiger charge is 2.24. The van der Waals surface area contributed by atoms with Gasteiger partial charge in [0, 0.05) is 48.2 Å². The minimum absolute atomic E-state index is 0.410. The fourth-order valence-electron chi connectivity index (χ4n) is 4.97. The number of alkyl halides is 1. The molecule has 7 heteroatoms. The quantitative estimate of drug-likeness (QED) is 0.420. The molecule has 3 heterocycles. The predicted molar refractivity (Wildman–Crippen MR) is 130 cm³/mol. The van der Waals surface area contributed by atoms with Gasteiger partial charge in [-0.15, -0.1) is 0 Å². The van der Waals surface area contributed by atoms with E-state index < -0.39 is 6.17 Å². The number of fused-ring (bicyclic) bond motifs is 1. The first kappa shape index (κ1) is 21.8. The van der Waals surface area contributed by atoms with Crippen LogP contribution in [0.4, 0.5) is 4.39 Å². The van der Waals surface area contributed by atoms with E-state index in [9.17, 15) is 0 Å². The number of hydrogen-bond donors (Lipinski definition) is 2. The molecule has 1 aliphatic rings. The lowest BCUT2D eigenvalue weighted by molar-refractivity contribution is 0.103. The lowest BCUT2D eigenvalue weighted by Gasteiger charge is -2.37. The number of aromatic nitrogens is 4. The van der Waals surface area contributed by atoms with E-state index >= 15 is 4.39 Å². The van der Waals surface area contributed by atoms with Crippen molar-refractivity contribution in [3.63, 3.8) is 0 Å². The summed E-state index contributed by atoms with van der Waals surface area (Å²) >= 11 is 0. The summed E-state index contributed by atoms with van der Waals surface area (Å²) in [6, 6.07) is 17.2. The summed E-state index contributed by atoms with van der Waals surface area (Å²) in [5, 5.41) is 7.87. The number of nitrogens with one attached hydrogen (secondary N) is 2. The third kappa shape index (κ3) is 5.15. The molecule has 0 spiro atoms. The van der Waals surface area contributed by atoms with E-state index in [0.29, 0.717) is 19.0 Å². The molecule has 2 N–H and O–H groups in total. The smallest absolute Gasteiger partial charge is 0.155 e. The maximum Gasteiger partial charge on any atom is 0.155 e. The number of piperidine rings is 1. The van der Waals surface area contributed by atoms with Crippen LogP contribution in [0.3, 0.4) is 0 Å². The van der Waals surface area contributed by atoms with Gasteiger partial charge < -0.3 is 9.88 Å². The van der Waals surface area contributed by atoms with Gasteiger partial charge in [-0.1, -0.05) is 30.3 Å². The van der Waals surface area contributed by atoms with E-state index in [1.165, 1.54) is 11.9 Å². The van der Waals surface area contributed by atoms with E-state index in [4.69, 9.17) is 0 Å². The molecule has 33 heavy (non-hydrogen) atoms. The average Bonchev–Trinajstić information content (AvgIpc) is 3.50. The zero-order valence-electron chi connectivity index (χ0n) is 19.0. The first-order valence-electron chi connectivity index (χ1n) is 11.7. The molecule has 2 aromatic carbocycles. The molecule has 4 aromatic rings. The molecule has 0 amide bonds. The summed E-state index contributed by atoms with van der Waals surface area (Å²) in [7, 11) is 2.20. The van der Waals surface area contributed by atoms with Crippen LogP contribution in [0.25, 0.3) is 22.3 Å². The zero-order valence-corrected chi connectivity index (χ0v) is 19.0. The lowest BCUT2D eigenvalue weighted by Crippen LogP contribution is -2.45. The van der Waals surface area contributed by atoms with Crippen molar-refractivity contribution in [2.24, 2.45) is 0 Å². The largest absolute Gasteiger partial charge is 0.361 e. The Morgan fingerprint density at radius 2 is 1.97 bits per heavy atom. The van der Waals surface area contributed by atoms with E-state index in [0.717, 1.165) is 60.3 Å². The van der Waals surface area contributed by atoms with E-state index in [1.54, 1.807) is 0 Å². The predicted octanol–water partition coefficient (Wildman–Crippen LogP) is 4.43. The number of hydrogen-bond acceptors (Lipinski definition) is 4. The molecular weight excluding hydrogens is 415 g/mol. The van der Waals surface area contributed by atoms with Gasteiger partial charge in [-0.2, -0.15) is 5.10 Å². The SMILES string of the molecule is CN(Cc1ccccc1)C1CCN(CC(F)Cc2c[nH]c3ccc(-c4ncn[nH]4)cc23)CC1. The van der Waals surface area contributed by atoms with Gasteiger partial charge in [0.2, 0.25) is 0 Å². The van der Waals surface area contributed by atoms with Crippen LogP contribution in [0.2, 0.25) is 0 Å². The molecule has 1 aliphatic heterocycles. The number of halogens is 1. The van der Waals surface area contributed by atoms with E-state index in [-0.39, 0.29) is 0 Å². The molecule has 1 unspecified atom stereocenters. The van der Waals surface area contributed by atoms with Gasteiger partial charge in [-0.3, -0.25) is 10.00 Å². The molecule has 0 radical (unpaired) electrons. The van der Waals surface area contributed by atoms with Gasteiger partial charge >= 0.3 is 0 Å². The highest BCUT2D eigenvalue weighted by atomic mass is 19.1. The number of nitrogens with zero attached hydrogens (tertiary/aromatic N) is 4. The maximum absolute atomic E-state index is 15.1. The first-order chi connectivity index (χ1) is 16.2. The van der Waals surface area contributed by atoms with Crippen molar-refractivity contribution in [1.29, 1.82) is 0 Å². The molecular formula is C26H31FN6. The molecule has 0 bridgehead atoms. The van der Waals surface area contributed by atoms with Crippen molar-refractivity contribution in [1.82, 2.24) is 30.0 Å². The summed E-state index contributed by atoms with van der Waals surface area (Å²) in [4.78, 5) is 12.2. The number of benzene rings is 2. The average molecular weight is 447 g/mol. The highest BCUT2D eigenvalue weighted by Crippen LogP contribution is 2.26. The van der Waals surface area contributed by atoms with Crippen LogP contribution in [0.15, 0.2) is 61.1 Å². The number of aromatic amines is 2. The fraction of sp³-hybridized carbons (Fsp3) is 0.385. The molecule has 5 rings (SSSR count). The van der Waals surface area contributed by atoms with Crippen molar-refractivity contribution >= 4 is 10.9 Å². The van der Waals surface area contributed by atoms with Crippen LogP contribution in [0, 0.1) is 0 Å². The Balaban J connectivity index is 1.15. The molecule has 0 saturated carbocycles. The zero-order chi connectivity index (χ0) is 22.6. The standard InChI is InChI=1S/C26H31FN6/c1-32(16-19-5-3-2-4-6-19)23-9-11-33(12-10-23)17-22(27)13-21-15-28-25-8-7-20(14-24(21)25)26-29-18-30-31-26/h2-8,14-15,18,22-23,28H,9-13,16-17H2,1H3,(H,29,30,31). The number of likely N-dealkylation sites (tertiary alicyclic amines) is 1. The van der Waals surface area contributed by atoms with Crippen molar-refractivity contribution in [3.8, 4) is 11.4 Å². The Kier molecular flexibility index (Phi) is 6.51. The van der Waals surface area contributed by atoms with Crippen molar-refractivity contribution in [2.45, 2.75) is 38.0 Å². The van der Waals surface area contributed by atoms with Gasteiger partial charge in [0.25, 0.3) is 0 Å². The van der Waals surface area contributed by atoms with E-state index in [2.05, 4.69) is 73.4 Å². The van der Waals surface area contributed by atoms with Gasteiger partial charge in [0.1, 0.15) is 12.5 Å². The molecule has 0 aliphatic carbocycles. The second kappa shape index (κ2) is 9.85. The highest BCUT2D eigenvalue weighted by molar-refractivity contribution is 5.87. The summed E-state index contributed by atoms with van der Waals surface area (Å²) in [6.45, 7) is 3.36. The van der Waals surface area contributed by atoms with Crippen molar-refractivity contribution < 1.29 is 4.39 Å². The Morgan fingerprint density at radius 1 is 1.15 bits per heavy atom. The molecule has 1 saturated heterocycles. The number of rotatable bonds is 8.